The fourth-order valence-electron chi connectivity index (χ4n) is 1.55. The van der Waals surface area contributed by atoms with E-state index in [1.165, 1.54) is 0 Å². The molecule has 0 saturated carbocycles. The van der Waals surface area contributed by atoms with E-state index in [-0.39, 0.29) is 29.9 Å². The molecule has 1 heterocycles. The number of hydrogen-bond donors (Lipinski definition) is 3. The lowest BCUT2D eigenvalue weighted by Crippen LogP contribution is -2.52. The SMILES string of the molecule is CCC(C)(CO)CNC1CCC(=O)NC1=O. The molecule has 16 heavy (non-hydrogen) atoms. The fourth-order valence-corrected chi connectivity index (χ4v) is 1.55. The van der Waals surface area contributed by atoms with Gasteiger partial charge in [-0.15, -0.1) is 0 Å². The van der Waals surface area contributed by atoms with E-state index in [0.717, 1.165) is 6.42 Å². The summed E-state index contributed by atoms with van der Waals surface area (Å²) >= 11 is 0. The van der Waals surface area contributed by atoms with Crippen LogP contribution in [0.1, 0.15) is 33.1 Å². The van der Waals surface area contributed by atoms with Crippen molar-refractivity contribution >= 4 is 11.8 Å². The minimum atomic E-state index is -0.310. The van der Waals surface area contributed by atoms with Crippen LogP contribution >= 0.6 is 0 Å². The van der Waals surface area contributed by atoms with Crippen molar-refractivity contribution in [2.24, 2.45) is 5.41 Å². The summed E-state index contributed by atoms with van der Waals surface area (Å²) in [6, 6.07) is -0.310. The first-order chi connectivity index (χ1) is 7.50. The molecule has 0 radical (unpaired) electrons. The maximum absolute atomic E-state index is 11.4. The molecule has 1 aliphatic rings. The van der Waals surface area contributed by atoms with Gasteiger partial charge in [-0.2, -0.15) is 0 Å². The van der Waals surface area contributed by atoms with Gasteiger partial charge in [0.25, 0.3) is 0 Å². The second kappa shape index (κ2) is 5.41. The van der Waals surface area contributed by atoms with Crippen molar-refractivity contribution in [3.8, 4) is 0 Å². The van der Waals surface area contributed by atoms with Crippen LogP contribution in [0.4, 0.5) is 0 Å². The van der Waals surface area contributed by atoms with Gasteiger partial charge >= 0.3 is 0 Å². The van der Waals surface area contributed by atoms with E-state index in [0.29, 0.717) is 19.4 Å². The fraction of sp³-hybridized carbons (Fsp3) is 0.818. The first-order valence-corrected chi connectivity index (χ1v) is 5.68. The van der Waals surface area contributed by atoms with Gasteiger partial charge in [-0.1, -0.05) is 13.8 Å². The molecule has 2 amide bonds. The smallest absolute Gasteiger partial charge is 0.243 e. The minimum Gasteiger partial charge on any atom is -0.396 e. The van der Waals surface area contributed by atoms with Gasteiger partial charge in [-0.05, 0) is 12.8 Å². The third-order valence-electron chi connectivity index (χ3n) is 3.25. The normalized spacial score (nSPS) is 25.1. The predicted octanol–water partition coefficient (Wildman–Crippen LogP) is -0.210. The largest absolute Gasteiger partial charge is 0.396 e. The molecule has 0 aliphatic carbocycles. The number of amides is 2. The van der Waals surface area contributed by atoms with E-state index in [9.17, 15) is 14.7 Å². The lowest BCUT2D eigenvalue weighted by molar-refractivity contribution is -0.134. The number of carbonyl (C=O) groups is 2. The summed E-state index contributed by atoms with van der Waals surface area (Å²) in [7, 11) is 0. The average Bonchev–Trinajstić information content (AvgIpc) is 2.27. The van der Waals surface area contributed by atoms with Crippen molar-refractivity contribution in [2.75, 3.05) is 13.2 Å². The molecule has 0 aromatic carbocycles. The predicted molar refractivity (Wildman–Crippen MR) is 59.7 cm³/mol. The van der Waals surface area contributed by atoms with Crippen LogP contribution in [0.25, 0.3) is 0 Å². The van der Waals surface area contributed by atoms with E-state index >= 15 is 0 Å². The van der Waals surface area contributed by atoms with Gasteiger partial charge in [0.2, 0.25) is 11.8 Å². The Hall–Kier alpha value is -0.940. The molecule has 1 saturated heterocycles. The Kier molecular flexibility index (Phi) is 4.44. The summed E-state index contributed by atoms with van der Waals surface area (Å²) in [6.45, 7) is 4.63. The molecular weight excluding hydrogens is 208 g/mol. The number of hydrogen-bond acceptors (Lipinski definition) is 4. The van der Waals surface area contributed by atoms with E-state index in [4.69, 9.17) is 0 Å². The number of carbonyl (C=O) groups excluding carboxylic acids is 2. The Morgan fingerprint density at radius 3 is 2.75 bits per heavy atom. The Bertz CT molecular complexity index is 274. The molecule has 5 heteroatoms. The lowest BCUT2D eigenvalue weighted by Gasteiger charge is -2.30. The summed E-state index contributed by atoms with van der Waals surface area (Å²) < 4.78 is 0. The summed E-state index contributed by atoms with van der Waals surface area (Å²) in [6.07, 6.45) is 1.75. The van der Waals surface area contributed by atoms with Crippen LogP contribution in [-0.2, 0) is 9.59 Å². The van der Waals surface area contributed by atoms with Crippen LogP contribution in [0, 0.1) is 5.41 Å². The maximum Gasteiger partial charge on any atom is 0.243 e. The van der Waals surface area contributed by atoms with Gasteiger partial charge < -0.3 is 10.4 Å². The second-order valence-electron chi connectivity index (χ2n) is 4.71. The molecule has 1 aliphatic heterocycles. The van der Waals surface area contributed by atoms with Gasteiger partial charge in [0.05, 0.1) is 6.04 Å². The zero-order valence-corrected chi connectivity index (χ0v) is 9.88. The van der Waals surface area contributed by atoms with E-state index < -0.39 is 0 Å². The van der Waals surface area contributed by atoms with Crippen molar-refractivity contribution < 1.29 is 14.7 Å². The molecule has 0 aromatic rings. The molecule has 92 valence electrons. The first-order valence-electron chi connectivity index (χ1n) is 5.68. The molecule has 1 fully saturated rings. The second-order valence-corrected chi connectivity index (χ2v) is 4.71. The summed E-state index contributed by atoms with van der Waals surface area (Å²) in [4.78, 5) is 22.4. The summed E-state index contributed by atoms with van der Waals surface area (Å²) in [5.41, 5.74) is -0.207. The Balaban J connectivity index is 2.43. The number of rotatable bonds is 5. The highest BCUT2D eigenvalue weighted by Crippen LogP contribution is 2.19. The van der Waals surface area contributed by atoms with Crippen LogP contribution in [-0.4, -0.2) is 36.1 Å². The molecule has 2 atom stereocenters. The van der Waals surface area contributed by atoms with Gasteiger partial charge in [-0.3, -0.25) is 14.9 Å². The third-order valence-corrected chi connectivity index (χ3v) is 3.25. The average molecular weight is 228 g/mol. The van der Waals surface area contributed by atoms with Gasteiger partial charge in [-0.25, -0.2) is 0 Å². The highest BCUT2D eigenvalue weighted by molar-refractivity contribution is 6.00. The monoisotopic (exact) mass is 228 g/mol. The zero-order chi connectivity index (χ0) is 12.2. The number of aliphatic hydroxyl groups excluding tert-OH is 1. The van der Waals surface area contributed by atoms with Crippen molar-refractivity contribution in [1.29, 1.82) is 0 Å². The van der Waals surface area contributed by atoms with Gasteiger partial charge in [0, 0.05) is 25.0 Å². The highest BCUT2D eigenvalue weighted by atomic mass is 16.3. The summed E-state index contributed by atoms with van der Waals surface area (Å²) in [5, 5.41) is 14.6. The van der Waals surface area contributed by atoms with Crippen molar-refractivity contribution in [1.82, 2.24) is 10.6 Å². The highest BCUT2D eigenvalue weighted by Gasteiger charge is 2.29. The van der Waals surface area contributed by atoms with E-state index in [2.05, 4.69) is 10.6 Å². The van der Waals surface area contributed by atoms with E-state index in [1.807, 2.05) is 13.8 Å². The zero-order valence-electron chi connectivity index (χ0n) is 9.88. The number of aliphatic hydroxyl groups is 1. The molecule has 1 rings (SSSR count). The van der Waals surface area contributed by atoms with Crippen LogP contribution in [0.15, 0.2) is 0 Å². The topological polar surface area (TPSA) is 78.4 Å². The van der Waals surface area contributed by atoms with Crippen molar-refractivity contribution in [3.05, 3.63) is 0 Å². The molecular formula is C11H20N2O3. The van der Waals surface area contributed by atoms with Crippen molar-refractivity contribution in [3.63, 3.8) is 0 Å². The molecule has 0 aromatic heterocycles. The van der Waals surface area contributed by atoms with Crippen molar-refractivity contribution in [2.45, 2.75) is 39.2 Å². The number of imide groups is 1. The van der Waals surface area contributed by atoms with Crippen LogP contribution < -0.4 is 10.6 Å². The van der Waals surface area contributed by atoms with Crippen LogP contribution in [0.2, 0.25) is 0 Å². The molecule has 3 N–H and O–H groups in total. The lowest BCUT2D eigenvalue weighted by atomic mass is 9.88. The first kappa shape index (κ1) is 13.1. The maximum atomic E-state index is 11.4. The number of nitrogens with one attached hydrogen (secondary N) is 2. The van der Waals surface area contributed by atoms with Gasteiger partial charge in [0.15, 0.2) is 0 Å². The van der Waals surface area contributed by atoms with Crippen LogP contribution in [0.3, 0.4) is 0 Å². The van der Waals surface area contributed by atoms with Gasteiger partial charge in [0.1, 0.15) is 0 Å². The van der Waals surface area contributed by atoms with E-state index in [1.54, 1.807) is 0 Å². The quantitative estimate of drug-likeness (QED) is 0.569. The molecule has 0 bridgehead atoms. The Morgan fingerprint density at radius 2 is 2.25 bits per heavy atom. The summed E-state index contributed by atoms with van der Waals surface area (Å²) in [5.74, 6) is -0.462. The number of piperidine rings is 1. The molecule has 2 unspecified atom stereocenters. The standard InChI is InChI=1S/C11H20N2O3/c1-3-11(2,7-14)6-12-8-4-5-9(15)13-10(8)16/h8,12,14H,3-7H2,1-2H3,(H,13,15,16). The van der Waals surface area contributed by atoms with Crippen LogP contribution in [0.5, 0.6) is 0 Å². The molecule has 5 nitrogen and oxygen atoms in total. The Morgan fingerprint density at radius 1 is 1.56 bits per heavy atom. The molecule has 0 spiro atoms. The minimum absolute atomic E-state index is 0.0871. The Labute approximate surface area is 95.6 Å². The third kappa shape index (κ3) is 3.28.